The van der Waals surface area contributed by atoms with Gasteiger partial charge in [-0.1, -0.05) is 37.2 Å². The second kappa shape index (κ2) is 11.7. The van der Waals surface area contributed by atoms with E-state index in [-0.39, 0.29) is 35.2 Å². The molecular formula is C27H24F4N6O4. The zero-order chi connectivity index (χ0) is 29.9. The summed E-state index contributed by atoms with van der Waals surface area (Å²) >= 11 is 0. The minimum atomic E-state index is -4.53. The molecule has 2 aromatic carbocycles. The van der Waals surface area contributed by atoms with Gasteiger partial charge in [0.05, 0.1) is 24.2 Å². The maximum Gasteiger partial charge on any atom is 0.416 e. The predicted molar refractivity (Wildman–Crippen MR) is 138 cm³/mol. The molecule has 0 saturated heterocycles. The number of ketones is 1. The Kier molecular flexibility index (Phi) is 8.31. The summed E-state index contributed by atoms with van der Waals surface area (Å²) in [4.78, 5) is 47.1. The standard InChI is InChI=1S/C27H24F4N6O4/c1-14(2)22(23(39)24-35-21(41-36-24)11-15-4-3-5-17(10-15)27(29,30)31)34-20(38)13-37-25(33-12-19(32)26(37)40)16-6-8-18(28)9-7-16/h3-10,12,14,22H,11,13,32H2,1-2H3,(H,34,38)/t22-/m1/s1. The van der Waals surface area contributed by atoms with Crippen molar-refractivity contribution in [2.45, 2.75) is 39.0 Å². The summed E-state index contributed by atoms with van der Waals surface area (Å²) in [5, 5.41) is 6.20. The van der Waals surface area contributed by atoms with Crippen LogP contribution in [0.1, 0.15) is 41.5 Å². The highest BCUT2D eigenvalue weighted by Gasteiger charge is 2.31. The fourth-order valence-corrected chi connectivity index (χ4v) is 3.98. The van der Waals surface area contributed by atoms with Gasteiger partial charge in [-0.05, 0) is 41.8 Å². The Hall–Kier alpha value is -4.88. The topological polar surface area (TPSA) is 146 Å². The van der Waals surface area contributed by atoms with Crippen molar-refractivity contribution >= 4 is 17.4 Å². The van der Waals surface area contributed by atoms with Crippen LogP contribution in [0.2, 0.25) is 0 Å². The van der Waals surface area contributed by atoms with Crippen LogP contribution in [0.5, 0.6) is 0 Å². The second-order valence-electron chi connectivity index (χ2n) is 9.48. The van der Waals surface area contributed by atoms with E-state index >= 15 is 0 Å². The average molecular weight is 573 g/mol. The Morgan fingerprint density at radius 3 is 2.49 bits per heavy atom. The minimum Gasteiger partial charge on any atom is -0.393 e. The van der Waals surface area contributed by atoms with Crippen LogP contribution in [-0.4, -0.2) is 37.4 Å². The van der Waals surface area contributed by atoms with Gasteiger partial charge in [-0.3, -0.25) is 19.0 Å². The first-order chi connectivity index (χ1) is 19.3. The van der Waals surface area contributed by atoms with Crippen molar-refractivity contribution in [2.75, 3.05) is 5.73 Å². The molecule has 4 rings (SSSR count). The van der Waals surface area contributed by atoms with Crippen molar-refractivity contribution in [1.29, 1.82) is 0 Å². The molecule has 2 heterocycles. The number of carbonyl (C=O) groups excluding carboxylic acids is 2. The van der Waals surface area contributed by atoms with E-state index in [1.165, 1.54) is 36.4 Å². The highest BCUT2D eigenvalue weighted by atomic mass is 19.4. The van der Waals surface area contributed by atoms with Crippen LogP contribution in [0.3, 0.4) is 0 Å². The molecule has 1 amide bonds. The summed E-state index contributed by atoms with van der Waals surface area (Å²) in [6.45, 7) is 2.75. The fraction of sp³-hybridized carbons (Fsp3) is 0.259. The Morgan fingerprint density at radius 2 is 1.83 bits per heavy atom. The molecule has 41 heavy (non-hydrogen) atoms. The molecule has 0 fully saturated rings. The molecular weight excluding hydrogens is 548 g/mol. The number of hydrogen-bond acceptors (Lipinski definition) is 8. The number of carbonyl (C=O) groups is 2. The molecule has 214 valence electrons. The number of halogens is 4. The van der Waals surface area contributed by atoms with Crippen LogP contribution in [0.15, 0.2) is 64.0 Å². The molecule has 0 saturated carbocycles. The number of nitrogens with two attached hydrogens (primary N) is 1. The van der Waals surface area contributed by atoms with E-state index in [0.29, 0.717) is 5.56 Å². The molecule has 2 aromatic heterocycles. The number of rotatable bonds is 9. The fourth-order valence-electron chi connectivity index (χ4n) is 3.98. The van der Waals surface area contributed by atoms with Crippen molar-refractivity contribution in [3.05, 3.63) is 93.7 Å². The van der Waals surface area contributed by atoms with Gasteiger partial charge in [0.1, 0.15) is 23.9 Å². The van der Waals surface area contributed by atoms with Crippen LogP contribution in [0, 0.1) is 11.7 Å². The first kappa shape index (κ1) is 29.1. The van der Waals surface area contributed by atoms with Crippen molar-refractivity contribution < 1.29 is 31.7 Å². The van der Waals surface area contributed by atoms with Gasteiger partial charge in [-0.2, -0.15) is 18.2 Å². The zero-order valence-electron chi connectivity index (χ0n) is 21.8. The third-order valence-corrected chi connectivity index (χ3v) is 6.04. The smallest absolute Gasteiger partial charge is 0.393 e. The Bertz CT molecular complexity index is 1630. The van der Waals surface area contributed by atoms with E-state index in [1.54, 1.807) is 13.8 Å². The Morgan fingerprint density at radius 1 is 1.12 bits per heavy atom. The van der Waals surface area contributed by atoms with Crippen LogP contribution in [0.4, 0.5) is 23.2 Å². The predicted octanol–water partition coefficient (Wildman–Crippen LogP) is 3.65. The highest BCUT2D eigenvalue weighted by Crippen LogP contribution is 2.30. The highest BCUT2D eigenvalue weighted by molar-refractivity contribution is 5.99. The number of amides is 1. The lowest BCUT2D eigenvalue weighted by Crippen LogP contribution is -2.47. The summed E-state index contributed by atoms with van der Waals surface area (Å²) in [5.74, 6) is -2.81. The van der Waals surface area contributed by atoms with Crippen molar-refractivity contribution in [3.8, 4) is 11.4 Å². The van der Waals surface area contributed by atoms with E-state index in [4.69, 9.17) is 10.3 Å². The van der Waals surface area contributed by atoms with Crippen LogP contribution >= 0.6 is 0 Å². The van der Waals surface area contributed by atoms with Crippen LogP contribution in [0.25, 0.3) is 11.4 Å². The van der Waals surface area contributed by atoms with Crippen LogP contribution < -0.4 is 16.6 Å². The largest absolute Gasteiger partial charge is 0.416 e. The van der Waals surface area contributed by atoms with E-state index in [0.717, 1.165) is 22.9 Å². The first-order valence-corrected chi connectivity index (χ1v) is 12.3. The van der Waals surface area contributed by atoms with Gasteiger partial charge < -0.3 is 15.6 Å². The van der Waals surface area contributed by atoms with E-state index in [1.807, 2.05) is 0 Å². The number of alkyl halides is 3. The van der Waals surface area contributed by atoms with Gasteiger partial charge in [0.2, 0.25) is 23.4 Å². The minimum absolute atomic E-state index is 0.0594. The Labute approximate surface area is 230 Å². The second-order valence-corrected chi connectivity index (χ2v) is 9.48. The average Bonchev–Trinajstić information content (AvgIpc) is 3.38. The number of aromatic nitrogens is 4. The number of hydrogen-bond donors (Lipinski definition) is 2. The van der Waals surface area contributed by atoms with E-state index in [2.05, 4.69) is 20.4 Å². The lowest BCUT2D eigenvalue weighted by Gasteiger charge is -2.20. The van der Waals surface area contributed by atoms with Gasteiger partial charge in [0, 0.05) is 5.56 Å². The van der Waals surface area contributed by atoms with Crippen molar-refractivity contribution in [3.63, 3.8) is 0 Å². The normalized spacial score (nSPS) is 12.4. The molecule has 0 aliphatic heterocycles. The quantitative estimate of drug-likeness (QED) is 0.228. The summed E-state index contributed by atoms with van der Waals surface area (Å²) in [5.41, 5.74) is 4.53. The Balaban J connectivity index is 1.51. The number of anilines is 1. The van der Waals surface area contributed by atoms with Gasteiger partial charge in [-0.15, -0.1) is 0 Å². The van der Waals surface area contributed by atoms with Crippen molar-refractivity contribution in [2.24, 2.45) is 5.92 Å². The SMILES string of the molecule is CC(C)[C@@H](NC(=O)Cn1c(-c2ccc(F)cc2)ncc(N)c1=O)C(=O)c1noc(Cc2cccc(C(F)(F)F)c2)n1. The lowest BCUT2D eigenvalue weighted by atomic mass is 9.99. The van der Waals surface area contributed by atoms with Crippen LogP contribution in [-0.2, 0) is 23.9 Å². The van der Waals surface area contributed by atoms with Gasteiger partial charge in [-0.25, -0.2) is 9.37 Å². The van der Waals surface area contributed by atoms with E-state index < -0.39 is 53.3 Å². The molecule has 0 radical (unpaired) electrons. The van der Waals surface area contributed by atoms with Gasteiger partial charge >= 0.3 is 6.18 Å². The molecule has 0 spiro atoms. The summed E-state index contributed by atoms with van der Waals surface area (Å²) in [7, 11) is 0. The summed E-state index contributed by atoms with van der Waals surface area (Å²) < 4.78 is 58.5. The molecule has 14 heteroatoms. The molecule has 1 atom stereocenters. The molecule has 4 aromatic rings. The number of benzene rings is 2. The number of nitrogens with zero attached hydrogens (tertiary/aromatic N) is 4. The third kappa shape index (κ3) is 6.83. The summed E-state index contributed by atoms with van der Waals surface area (Å²) in [6.07, 6.45) is -3.55. The summed E-state index contributed by atoms with van der Waals surface area (Å²) in [6, 6.07) is 8.53. The van der Waals surface area contributed by atoms with Gasteiger partial charge in [0.25, 0.3) is 5.56 Å². The molecule has 0 unspecified atom stereocenters. The maximum absolute atomic E-state index is 13.4. The van der Waals surface area contributed by atoms with E-state index in [9.17, 15) is 31.9 Å². The van der Waals surface area contributed by atoms with Crippen molar-refractivity contribution in [1.82, 2.24) is 25.0 Å². The molecule has 0 bridgehead atoms. The van der Waals surface area contributed by atoms with Gasteiger partial charge in [0.15, 0.2) is 0 Å². The molecule has 3 N–H and O–H groups in total. The lowest BCUT2D eigenvalue weighted by molar-refractivity contribution is -0.137. The molecule has 10 nitrogen and oxygen atoms in total. The maximum atomic E-state index is 13.4. The number of Topliss-reactive ketones (excluding diaryl/α,β-unsaturated/α-hetero) is 1. The first-order valence-electron chi connectivity index (χ1n) is 12.3. The number of nitrogen functional groups attached to an aromatic ring is 1. The monoisotopic (exact) mass is 572 g/mol. The number of nitrogens with one attached hydrogen (secondary N) is 1. The molecule has 0 aliphatic carbocycles. The zero-order valence-corrected chi connectivity index (χ0v) is 21.8. The third-order valence-electron chi connectivity index (χ3n) is 6.04. The molecule has 0 aliphatic rings.